The van der Waals surface area contributed by atoms with Crippen molar-refractivity contribution in [3.63, 3.8) is 0 Å². The summed E-state index contributed by atoms with van der Waals surface area (Å²) in [7, 11) is 1.92. The van der Waals surface area contributed by atoms with Crippen LogP contribution in [0.1, 0.15) is 6.42 Å². The van der Waals surface area contributed by atoms with Crippen LogP contribution in [0.15, 0.2) is 35.5 Å². The van der Waals surface area contributed by atoms with Crippen molar-refractivity contribution in [1.82, 2.24) is 5.32 Å². The molecule has 13 heavy (non-hydrogen) atoms. The third kappa shape index (κ3) is 2.87. The zero-order valence-corrected chi connectivity index (χ0v) is 7.80. The van der Waals surface area contributed by atoms with Crippen LogP contribution >= 0.6 is 0 Å². The molecule has 3 heteroatoms. The van der Waals surface area contributed by atoms with Gasteiger partial charge >= 0.3 is 0 Å². The highest BCUT2D eigenvalue weighted by molar-refractivity contribution is 5.97. The molecule has 4 N–H and O–H groups in total. The third-order valence-electron chi connectivity index (χ3n) is 1.89. The number of amidine groups is 1. The van der Waals surface area contributed by atoms with E-state index in [1.807, 2.05) is 25.3 Å². The van der Waals surface area contributed by atoms with Crippen molar-refractivity contribution in [2.75, 3.05) is 13.6 Å². The topological polar surface area (TPSA) is 61.9 Å². The van der Waals surface area contributed by atoms with Crippen molar-refractivity contribution in [3.8, 4) is 0 Å². The fourth-order valence-electron chi connectivity index (χ4n) is 1.21. The summed E-state index contributed by atoms with van der Waals surface area (Å²) in [5.74, 6) is 0.135. The number of nitrogens with two attached hydrogens (primary N) is 1. The fourth-order valence-corrected chi connectivity index (χ4v) is 1.21. The Kier molecular flexibility index (Phi) is 3.46. The lowest BCUT2D eigenvalue weighted by molar-refractivity contribution is 0.892. The molecule has 0 aliphatic heterocycles. The van der Waals surface area contributed by atoms with Gasteiger partial charge in [-0.05, 0) is 19.0 Å². The molecule has 0 amide bonds. The Labute approximate surface area is 78.5 Å². The lowest BCUT2D eigenvalue weighted by atomic mass is 10.2. The standard InChI is InChI=1S/C10H15N3/c1-13-7-8-3-2-4-9(6-5-8)10(11)12/h3-6,13H,2,7H2,1H3,(H3,11,12). The third-order valence-corrected chi connectivity index (χ3v) is 1.89. The van der Waals surface area contributed by atoms with Crippen molar-refractivity contribution in [2.24, 2.45) is 5.73 Å². The number of nitrogens with one attached hydrogen (secondary N) is 2. The summed E-state index contributed by atoms with van der Waals surface area (Å²) in [6.07, 6.45) is 8.82. The molecule has 1 rings (SSSR count). The van der Waals surface area contributed by atoms with Gasteiger partial charge in [-0.2, -0.15) is 0 Å². The van der Waals surface area contributed by atoms with Gasteiger partial charge in [0.05, 0.1) is 0 Å². The predicted molar refractivity (Wildman–Crippen MR) is 55.8 cm³/mol. The van der Waals surface area contributed by atoms with Crippen molar-refractivity contribution >= 4 is 5.84 Å². The number of hydrogen-bond donors (Lipinski definition) is 3. The average Bonchev–Trinajstić information content (AvgIpc) is 2.30. The van der Waals surface area contributed by atoms with Crippen LogP contribution in [0, 0.1) is 5.41 Å². The van der Waals surface area contributed by atoms with Crippen LogP contribution in [0.2, 0.25) is 0 Å². The zero-order valence-electron chi connectivity index (χ0n) is 7.80. The van der Waals surface area contributed by atoms with Gasteiger partial charge in [-0.1, -0.05) is 24.3 Å². The van der Waals surface area contributed by atoms with E-state index >= 15 is 0 Å². The molecule has 0 aromatic rings. The Morgan fingerprint density at radius 1 is 1.54 bits per heavy atom. The van der Waals surface area contributed by atoms with E-state index in [-0.39, 0.29) is 5.84 Å². The van der Waals surface area contributed by atoms with Crippen molar-refractivity contribution in [2.45, 2.75) is 6.42 Å². The summed E-state index contributed by atoms with van der Waals surface area (Å²) in [5, 5.41) is 10.4. The molecule has 0 unspecified atom stereocenters. The van der Waals surface area contributed by atoms with E-state index in [2.05, 4.69) is 11.4 Å². The number of hydrogen-bond acceptors (Lipinski definition) is 2. The molecule has 0 spiro atoms. The Hall–Kier alpha value is -1.35. The first-order chi connectivity index (χ1) is 6.24. The Bertz CT molecular complexity index is 285. The number of rotatable bonds is 3. The monoisotopic (exact) mass is 177 g/mol. The largest absolute Gasteiger partial charge is 0.384 e. The van der Waals surface area contributed by atoms with E-state index in [1.165, 1.54) is 5.57 Å². The maximum Gasteiger partial charge on any atom is 0.122 e. The quantitative estimate of drug-likeness (QED) is 0.444. The smallest absolute Gasteiger partial charge is 0.122 e. The van der Waals surface area contributed by atoms with Crippen LogP contribution < -0.4 is 11.1 Å². The highest BCUT2D eigenvalue weighted by Crippen LogP contribution is 2.09. The van der Waals surface area contributed by atoms with Gasteiger partial charge < -0.3 is 11.1 Å². The predicted octanol–water partition coefficient (Wildman–Crippen LogP) is 0.954. The Balaban J connectivity index is 2.68. The molecule has 0 saturated heterocycles. The van der Waals surface area contributed by atoms with E-state index in [0.29, 0.717) is 0 Å². The molecule has 0 saturated carbocycles. The first kappa shape index (κ1) is 9.74. The molecule has 3 nitrogen and oxygen atoms in total. The summed E-state index contributed by atoms with van der Waals surface area (Å²) < 4.78 is 0. The van der Waals surface area contributed by atoms with E-state index in [0.717, 1.165) is 18.5 Å². The van der Waals surface area contributed by atoms with Crippen molar-refractivity contribution < 1.29 is 0 Å². The van der Waals surface area contributed by atoms with Gasteiger partial charge in [0.1, 0.15) is 5.84 Å². The maximum absolute atomic E-state index is 7.27. The molecule has 0 fully saturated rings. The van der Waals surface area contributed by atoms with Gasteiger partial charge in [-0.15, -0.1) is 0 Å². The fraction of sp³-hybridized carbons (Fsp3) is 0.300. The lowest BCUT2D eigenvalue weighted by Crippen LogP contribution is -2.11. The van der Waals surface area contributed by atoms with Gasteiger partial charge in [0.15, 0.2) is 0 Å². The molecule has 1 aliphatic carbocycles. The second kappa shape index (κ2) is 4.62. The summed E-state index contributed by atoms with van der Waals surface area (Å²) in [6, 6.07) is 0. The van der Waals surface area contributed by atoms with E-state index in [1.54, 1.807) is 0 Å². The van der Waals surface area contributed by atoms with Crippen LogP contribution in [-0.4, -0.2) is 19.4 Å². The van der Waals surface area contributed by atoms with E-state index in [4.69, 9.17) is 11.1 Å². The Morgan fingerprint density at radius 2 is 2.31 bits per heavy atom. The molecule has 0 radical (unpaired) electrons. The molecular formula is C10H15N3. The van der Waals surface area contributed by atoms with Crippen LogP contribution in [0.25, 0.3) is 0 Å². The molecule has 0 aromatic carbocycles. The minimum atomic E-state index is 0.135. The van der Waals surface area contributed by atoms with Gasteiger partial charge in [0.25, 0.3) is 0 Å². The first-order valence-electron chi connectivity index (χ1n) is 4.30. The molecule has 0 atom stereocenters. The first-order valence-corrected chi connectivity index (χ1v) is 4.30. The van der Waals surface area contributed by atoms with Crippen molar-refractivity contribution in [1.29, 1.82) is 5.41 Å². The molecule has 70 valence electrons. The highest BCUT2D eigenvalue weighted by Gasteiger charge is 1.99. The number of likely N-dealkylation sites (N-methyl/N-ethyl adjacent to an activating group) is 1. The highest BCUT2D eigenvalue weighted by atomic mass is 14.8. The van der Waals surface area contributed by atoms with E-state index in [9.17, 15) is 0 Å². The summed E-state index contributed by atoms with van der Waals surface area (Å²) in [6.45, 7) is 0.857. The molecule has 0 aromatic heterocycles. The lowest BCUT2D eigenvalue weighted by Gasteiger charge is -1.98. The summed E-state index contributed by atoms with van der Waals surface area (Å²) in [4.78, 5) is 0. The SMILES string of the molecule is CNCC1=CCC=C(C(=N)N)C=C1. The minimum Gasteiger partial charge on any atom is -0.384 e. The maximum atomic E-state index is 7.27. The van der Waals surface area contributed by atoms with Crippen LogP contribution in [0.4, 0.5) is 0 Å². The molecular weight excluding hydrogens is 162 g/mol. The zero-order chi connectivity index (χ0) is 9.68. The van der Waals surface area contributed by atoms with Crippen LogP contribution in [0.5, 0.6) is 0 Å². The van der Waals surface area contributed by atoms with Gasteiger partial charge in [-0.25, -0.2) is 0 Å². The van der Waals surface area contributed by atoms with Crippen molar-refractivity contribution in [3.05, 3.63) is 35.5 Å². The van der Waals surface area contributed by atoms with Gasteiger partial charge in [-0.3, -0.25) is 5.41 Å². The van der Waals surface area contributed by atoms with Gasteiger partial charge in [0.2, 0.25) is 0 Å². The molecule has 1 aliphatic rings. The molecule has 0 bridgehead atoms. The number of allylic oxidation sites excluding steroid dienone is 2. The normalized spacial score (nSPS) is 16.1. The average molecular weight is 177 g/mol. The Morgan fingerprint density at radius 3 is 2.92 bits per heavy atom. The minimum absolute atomic E-state index is 0.135. The van der Waals surface area contributed by atoms with Crippen LogP contribution in [-0.2, 0) is 0 Å². The summed E-state index contributed by atoms with van der Waals surface area (Å²) in [5.41, 5.74) is 7.42. The van der Waals surface area contributed by atoms with E-state index < -0.39 is 0 Å². The van der Waals surface area contributed by atoms with Gasteiger partial charge in [0, 0.05) is 12.1 Å². The second-order valence-corrected chi connectivity index (χ2v) is 2.95. The van der Waals surface area contributed by atoms with Crippen LogP contribution in [0.3, 0.4) is 0 Å². The molecule has 0 heterocycles. The summed E-state index contributed by atoms with van der Waals surface area (Å²) >= 11 is 0. The second-order valence-electron chi connectivity index (χ2n) is 2.95.